The van der Waals surface area contributed by atoms with Crippen LogP contribution < -0.4 is 5.32 Å². The zero-order chi connectivity index (χ0) is 16.8. The average Bonchev–Trinajstić information content (AvgIpc) is 2.40. The van der Waals surface area contributed by atoms with Crippen LogP contribution in [0, 0.1) is 10.8 Å². The summed E-state index contributed by atoms with van der Waals surface area (Å²) in [6.07, 6.45) is -0.854. The molecule has 0 spiro atoms. The Hall–Kier alpha value is -1.55. The Balaban J connectivity index is 2.52. The van der Waals surface area contributed by atoms with E-state index in [1.165, 1.54) is 0 Å². The molecule has 0 bridgehead atoms. The fraction of sp³-hybridized carbons (Fsp3) is 0.611. The van der Waals surface area contributed by atoms with Crippen molar-refractivity contribution in [2.24, 2.45) is 10.8 Å². The number of amides is 1. The maximum atomic E-state index is 12.0. The van der Waals surface area contributed by atoms with Gasteiger partial charge in [0.05, 0.1) is 6.61 Å². The molecule has 0 fully saturated rings. The van der Waals surface area contributed by atoms with Crippen LogP contribution in [0.2, 0.25) is 0 Å². The molecule has 1 amide bonds. The van der Waals surface area contributed by atoms with E-state index in [-0.39, 0.29) is 17.4 Å². The molecule has 0 radical (unpaired) electrons. The summed E-state index contributed by atoms with van der Waals surface area (Å²) in [5.74, 6) is 0. The average molecular weight is 307 g/mol. The first-order valence-corrected chi connectivity index (χ1v) is 7.67. The van der Waals surface area contributed by atoms with Crippen LogP contribution in [0.4, 0.5) is 4.79 Å². The summed E-state index contributed by atoms with van der Waals surface area (Å²) in [5, 5.41) is 2.82. The standard InChI is InChI=1S/C18H29NO3/c1-17(2,3)13-22-15(18(4,5)6)19-16(20)21-12-14-10-8-7-9-11-14/h7-11,15H,12-13H2,1-6H3,(H,19,20). The second-order valence-electron chi connectivity index (χ2n) is 7.82. The van der Waals surface area contributed by atoms with Gasteiger partial charge >= 0.3 is 6.09 Å². The molecule has 0 aliphatic carbocycles. The summed E-state index contributed by atoms with van der Waals surface area (Å²) in [5.41, 5.74) is 0.788. The van der Waals surface area contributed by atoms with Crippen molar-refractivity contribution >= 4 is 6.09 Å². The molecule has 22 heavy (non-hydrogen) atoms. The maximum absolute atomic E-state index is 12.0. The van der Waals surface area contributed by atoms with E-state index in [2.05, 4.69) is 26.1 Å². The molecule has 0 aliphatic rings. The van der Waals surface area contributed by atoms with Crippen LogP contribution in [-0.2, 0) is 16.1 Å². The number of hydrogen-bond donors (Lipinski definition) is 1. The molecule has 1 N–H and O–H groups in total. The molecule has 4 heteroatoms. The highest BCUT2D eigenvalue weighted by Crippen LogP contribution is 2.23. The van der Waals surface area contributed by atoms with Gasteiger partial charge in [0.15, 0.2) is 0 Å². The van der Waals surface area contributed by atoms with Crippen molar-refractivity contribution in [3.05, 3.63) is 35.9 Å². The van der Waals surface area contributed by atoms with E-state index >= 15 is 0 Å². The van der Waals surface area contributed by atoms with Gasteiger partial charge in [-0.05, 0) is 11.0 Å². The maximum Gasteiger partial charge on any atom is 0.409 e. The lowest BCUT2D eigenvalue weighted by Gasteiger charge is -2.33. The third-order valence-electron chi connectivity index (χ3n) is 2.93. The molecule has 0 saturated carbocycles. The Kier molecular flexibility index (Phi) is 6.42. The smallest absolute Gasteiger partial charge is 0.409 e. The number of nitrogens with one attached hydrogen (secondary N) is 1. The van der Waals surface area contributed by atoms with Gasteiger partial charge in [-0.1, -0.05) is 71.9 Å². The minimum atomic E-state index is -0.460. The van der Waals surface area contributed by atoms with Crippen LogP contribution in [-0.4, -0.2) is 18.9 Å². The van der Waals surface area contributed by atoms with Gasteiger partial charge in [-0.15, -0.1) is 0 Å². The van der Waals surface area contributed by atoms with Crippen molar-refractivity contribution < 1.29 is 14.3 Å². The second-order valence-corrected chi connectivity index (χ2v) is 7.82. The van der Waals surface area contributed by atoms with E-state index in [0.29, 0.717) is 6.61 Å². The molecule has 4 nitrogen and oxygen atoms in total. The topological polar surface area (TPSA) is 47.6 Å². The summed E-state index contributed by atoms with van der Waals surface area (Å²) >= 11 is 0. The Morgan fingerprint density at radius 3 is 2.18 bits per heavy atom. The molecular weight excluding hydrogens is 278 g/mol. The lowest BCUT2D eigenvalue weighted by Crippen LogP contribution is -2.46. The normalized spacial score (nSPS) is 13.5. The fourth-order valence-corrected chi connectivity index (χ4v) is 1.71. The number of alkyl carbamates (subject to hydrolysis) is 1. The molecule has 0 saturated heterocycles. The minimum Gasteiger partial charge on any atom is -0.445 e. The van der Waals surface area contributed by atoms with Crippen LogP contribution in [0.3, 0.4) is 0 Å². The van der Waals surface area contributed by atoms with Crippen molar-refractivity contribution in [1.82, 2.24) is 5.32 Å². The van der Waals surface area contributed by atoms with Crippen molar-refractivity contribution in [2.45, 2.75) is 54.4 Å². The van der Waals surface area contributed by atoms with Crippen molar-refractivity contribution in [2.75, 3.05) is 6.61 Å². The van der Waals surface area contributed by atoms with Gasteiger partial charge in [0.2, 0.25) is 0 Å². The third-order valence-corrected chi connectivity index (χ3v) is 2.93. The van der Waals surface area contributed by atoms with Crippen LogP contribution in [0.15, 0.2) is 30.3 Å². The Labute approximate surface area is 134 Å². The lowest BCUT2D eigenvalue weighted by molar-refractivity contribution is -0.0639. The van der Waals surface area contributed by atoms with Crippen LogP contribution >= 0.6 is 0 Å². The Bertz CT molecular complexity index is 457. The Morgan fingerprint density at radius 1 is 1.09 bits per heavy atom. The van der Waals surface area contributed by atoms with E-state index in [9.17, 15) is 4.79 Å². The molecule has 0 aliphatic heterocycles. The van der Waals surface area contributed by atoms with E-state index in [1.807, 2.05) is 51.1 Å². The number of benzene rings is 1. The van der Waals surface area contributed by atoms with Crippen LogP contribution in [0.25, 0.3) is 0 Å². The predicted octanol–water partition coefficient (Wildman–Crippen LogP) is 4.35. The highest BCUT2D eigenvalue weighted by molar-refractivity contribution is 5.67. The largest absolute Gasteiger partial charge is 0.445 e. The minimum absolute atomic E-state index is 0.0408. The van der Waals surface area contributed by atoms with Crippen molar-refractivity contribution in [1.29, 1.82) is 0 Å². The summed E-state index contributed by atoms with van der Waals surface area (Å²) in [7, 11) is 0. The summed E-state index contributed by atoms with van der Waals surface area (Å²) < 4.78 is 11.1. The van der Waals surface area contributed by atoms with Gasteiger partial charge in [0.25, 0.3) is 0 Å². The monoisotopic (exact) mass is 307 g/mol. The number of rotatable bonds is 5. The van der Waals surface area contributed by atoms with Gasteiger partial charge in [-0.3, -0.25) is 5.32 Å². The molecule has 1 unspecified atom stereocenters. The predicted molar refractivity (Wildman–Crippen MR) is 88.4 cm³/mol. The number of hydrogen-bond acceptors (Lipinski definition) is 3. The molecular formula is C18H29NO3. The van der Waals surface area contributed by atoms with E-state index in [0.717, 1.165) is 5.56 Å². The SMILES string of the molecule is CC(C)(C)COC(NC(=O)OCc1ccccc1)C(C)(C)C. The molecule has 1 rings (SSSR count). The zero-order valence-electron chi connectivity index (χ0n) is 14.6. The number of ether oxygens (including phenoxy) is 2. The van der Waals surface area contributed by atoms with Gasteiger partial charge in [-0.25, -0.2) is 4.79 Å². The van der Waals surface area contributed by atoms with Crippen molar-refractivity contribution in [3.8, 4) is 0 Å². The first-order chi connectivity index (χ1) is 10.1. The summed E-state index contributed by atoms with van der Waals surface area (Å²) in [6, 6.07) is 9.61. The first kappa shape index (κ1) is 18.5. The van der Waals surface area contributed by atoms with E-state index in [4.69, 9.17) is 9.47 Å². The van der Waals surface area contributed by atoms with Gasteiger partial charge in [0, 0.05) is 5.41 Å². The molecule has 0 heterocycles. The molecule has 1 atom stereocenters. The van der Waals surface area contributed by atoms with Gasteiger partial charge in [-0.2, -0.15) is 0 Å². The third kappa shape index (κ3) is 7.46. The molecule has 0 aromatic heterocycles. The second kappa shape index (κ2) is 7.63. The van der Waals surface area contributed by atoms with Crippen LogP contribution in [0.1, 0.15) is 47.1 Å². The number of carbonyl (C=O) groups excluding carboxylic acids is 1. The quantitative estimate of drug-likeness (QED) is 0.823. The van der Waals surface area contributed by atoms with Gasteiger partial charge in [0.1, 0.15) is 12.8 Å². The molecule has 1 aromatic rings. The molecule has 1 aromatic carbocycles. The van der Waals surface area contributed by atoms with E-state index < -0.39 is 12.3 Å². The number of carbonyl (C=O) groups is 1. The highest BCUT2D eigenvalue weighted by atomic mass is 16.6. The lowest BCUT2D eigenvalue weighted by atomic mass is 9.93. The summed E-state index contributed by atoms with van der Waals surface area (Å²) in [6.45, 7) is 13.2. The highest BCUT2D eigenvalue weighted by Gasteiger charge is 2.29. The van der Waals surface area contributed by atoms with Gasteiger partial charge < -0.3 is 9.47 Å². The van der Waals surface area contributed by atoms with Crippen LogP contribution in [0.5, 0.6) is 0 Å². The van der Waals surface area contributed by atoms with Crippen molar-refractivity contribution in [3.63, 3.8) is 0 Å². The Morgan fingerprint density at radius 2 is 1.68 bits per heavy atom. The first-order valence-electron chi connectivity index (χ1n) is 7.67. The summed E-state index contributed by atoms with van der Waals surface area (Å²) in [4.78, 5) is 12.0. The molecule has 124 valence electrons. The fourth-order valence-electron chi connectivity index (χ4n) is 1.71. The van der Waals surface area contributed by atoms with E-state index in [1.54, 1.807) is 0 Å². The zero-order valence-corrected chi connectivity index (χ0v) is 14.6.